The number of hydrogen-bond donors (Lipinski definition) is 0. The number of halogens is 1. The molecule has 5 heteroatoms. The van der Waals surface area contributed by atoms with Crippen molar-refractivity contribution in [2.24, 2.45) is 0 Å². The lowest BCUT2D eigenvalue weighted by atomic mass is 10.3. The summed E-state index contributed by atoms with van der Waals surface area (Å²) in [6, 6.07) is 6.08. The first-order chi connectivity index (χ1) is 8.75. The van der Waals surface area contributed by atoms with Crippen LogP contribution in [0.25, 0.3) is 0 Å². The average molecular weight is 266 g/mol. The first-order valence-electron chi connectivity index (χ1n) is 5.75. The zero-order valence-corrected chi connectivity index (χ0v) is 11.0. The fraction of sp³-hybridized carbons (Fsp3) is 0.308. The van der Waals surface area contributed by atoms with E-state index in [1.54, 1.807) is 29.7 Å². The molecule has 0 amide bonds. The van der Waals surface area contributed by atoms with Crippen LogP contribution in [-0.4, -0.2) is 25.2 Å². The quantitative estimate of drug-likeness (QED) is 0.751. The Hall–Kier alpha value is -1.62. The van der Waals surface area contributed by atoms with Crippen molar-refractivity contribution in [3.63, 3.8) is 0 Å². The smallest absolute Gasteiger partial charge is 0.184 e. The van der Waals surface area contributed by atoms with Crippen LogP contribution in [0.15, 0.2) is 35.8 Å². The molecule has 3 nitrogen and oxygen atoms in total. The Morgan fingerprint density at radius 2 is 2.11 bits per heavy atom. The number of ether oxygens (including phenoxy) is 1. The van der Waals surface area contributed by atoms with Gasteiger partial charge in [-0.25, -0.2) is 9.37 Å². The van der Waals surface area contributed by atoms with Gasteiger partial charge in [0.2, 0.25) is 0 Å². The van der Waals surface area contributed by atoms with Gasteiger partial charge in [-0.05, 0) is 30.7 Å². The molecule has 2 rings (SSSR count). The molecule has 0 bridgehead atoms. The lowest BCUT2D eigenvalue weighted by Gasteiger charge is -2.15. The summed E-state index contributed by atoms with van der Waals surface area (Å²) in [7, 11) is 2.01. The molecule has 0 aliphatic carbocycles. The fourth-order valence-electron chi connectivity index (χ4n) is 1.52. The third kappa shape index (κ3) is 3.70. The van der Waals surface area contributed by atoms with Crippen LogP contribution in [0.5, 0.6) is 5.75 Å². The topological polar surface area (TPSA) is 25.4 Å². The molecule has 96 valence electrons. The summed E-state index contributed by atoms with van der Waals surface area (Å²) in [5.74, 6) is 0.458. The van der Waals surface area contributed by atoms with Crippen molar-refractivity contribution in [1.82, 2.24) is 4.98 Å². The number of thiazole rings is 1. The Kier molecular flexibility index (Phi) is 4.52. The van der Waals surface area contributed by atoms with E-state index in [9.17, 15) is 4.39 Å². The number of benzene rings is 1. The number of anilines is 1. The maximum atomic E-state index is 12.7. The Bertz CT molecular complexity index is 458. The molecule has 0 spiro atoms. The van der Waals surface area contributed by atoms with Crippen molar-refractivity contribution >= 4 is 16.5 Å². The third-order valence-electron chi connectivity index (χ3n) is 2.47. The zero-order valence-electron chi connectivity index (χ0n) is 10.2. The molecule has 0 atom stereocenters. The highest BCUT2D eigenvalue weighted by atomic mass is 32.1. The van der Waals surface area contributed by atoms with E-state index in [0.29, 0.717) is 12.4 Å². The number of nitrogens with zero attached hydrogens (tertiary/aromatic N) is 2. The second-order valence-electron chi connectivity index (χ2n) is 3.89. The Morgan fingerprint density at radius 1 is 1.33 bits per heavy atom. The van der Waals surface area contributed by atoms with Crippen LogP contribution in [0.1, 0.15) is 6.42 Å². The Labute approximate surface area is 110 Å². The Morgan fingerprint density at radius 3 is 2.78 bits per heavy atom. The van der Waals surface area contributed by atoms with Gasteiger partial charge in [0, 0.05) is 25.2 Å². The molecule has 0 aliphatic heterocycles. The van der Waals surface area contributed by atoms with Gasteiger partial charge in [-0.3, -0.25) is 0 Å². The molecule has 0 N–H and O–H groups in total. The first kappa shape index (κ1) is 12.8. The minimum absolute atomic E-state index is 0.245. The van der Waals surface area contributed by atoms with Crippen LogP contribution in [0.2, 0.25) is 0 Å². The van der Waals surface area contributed by atoms with Gasteiger partial charge >= 0.3 is 0 Å². The van der Waals surface area contributed by atoms with Gasteiger partial charge in [-0.1, -0.05) is 0 Å². The maximum Gasteiger partial charge on any atom is 0.184 e. The number of aromatic nitrogens is 1. The number of hydrogen-bond acceptors (Lipinski definition) is 4. The normalized spacial score (nSPS) is 10.3. The minimum atomic E-state index is -0.245. The van der Waals surface area contributed by atoms with Gasteiger partial charge < -0.3 is 9.64 Å². The zero-order chi connectivity index (χ0) is 12.8. The summed E-state index contributed by atoms with van der Waals surface area (Å²) in [6.07, 6.45) is 2.69. The highest BCUT2D eigenvalue weighted by Gasteiger charge is 2.02. The summed E-state index contributed by atoms with van der Waals surface area (Å²) in [4.78, 5) is 6.32. The molecule has 1 heterocycles. The average Bonchev–Trinajstić information content (AvgIpc) is 2.90. The summed E-state index contributed by atoms with van der Waals surface area (Å²) in [6.45, 7) is 1.50. The van der Waals surface area contributed by atoms with Gasteiger partial charge in [-0.2, -0.15) is 0 Å². The summed E-state index contributed by atoms with van der Waals surface area (Å²) in [5, 5.41) is 2.97. The van der Waals surface area contributed by atoms with E-state index >= 15 is 0 Å². The highest BCUT2D eigenvalue weighted by molar-refractivity contribution is 7.13. The lowest BCUT2D eigenvalue weighted by Crippen LogP contribution is -2.20. The van der Waals surface area contributed by atoms with Crippen LogP contribution >= 0.6 is 11.3 Å². The summed E-state index contributed by atoms with van der Waals surface area (Å²) < 4.78 is 18.2. The second kappa shape index (κ2) is 6.35. The van der Waals surface area contributed by atoms with Crippen molar-refractivity contribution in [2.75, 3.05) is 25.1 Å². The van der Waals surface area contributed by atoms with Crippen LogP contribution in [0.3, 0.4) is 0 Å². The van der Waals surface area contributed by atoms with E-state index in [4.69, 9.17) is 4.74 Å². The van der Waals surface area contributed by atoms with Crippen molar-refractivity contribution in [2.45, 2.75) is 6.42 Å². The van der Waals surface area contributed by atoms with Gasteiger partial charge in [0.05, 0.1) is 6.61 Å². The van der Waals surface area contributed by atoms with Crippen LogP contribution in [-0.2, 0) is 0 Å². The maximum absolute atomic E-state index is 12.7. The van der Waals surface area contributed by atoms with Crippen molar-refractivity contribution in [1.29, 1.82) is 0 Å². The lowest BCUT2D eigenvalue weighted by molar-refractivity contribution is 0.312. The third-order valence-corrected chi connectivity index (χ3v) is 3.35. The molecule has 0 saturated carbocycles. The molecule has 1 aromatic carbocycles. The summed E-state index contributed by atoms with van der Waals surface area (Å²) >= 11 is 1.62. The van der Waals surface area contributed by atoms with E-state index in [1.807, 2.05) is 12.4 Å². The molecule has 0 fully saturated rings. The van der Waals surface area contributed by atoms with Crippen molar-refractivity contribution in [3.05, 3.63) is 41.7 Å². The van der Waals surface area contributed by atoms with E-state index in [2.05, 4.69) is 9.88 Å². The van der Waals surface area contributed by atoms with E-state index in [-0.39, 0.29) is 5.82 Å². The highest BCUT2D eigenvalue weighted by Crippen LogP contribution is 2.16. The Balaban J connectivity index is 1.68. The minimum Gasteiger partial charge on any atom is -0.494 e. The molecule has 0 unspecified atom stereocenters. The second-order valence-corrected chi connectivity index (χ2v) is 4.77. The molecule has 18 heavy (non-hydrogen) atoms. The van der Waals surface area contributed by atoms with E-state index < -0.39 is 0 Å². The van der Waals surface area contributed by atoms with Crippen molar-refractivity contribution in [3.8, 4) is 5.75 Å². The standard InChI is InChI=1S/C13H15FN2OS/c1-16(13-15-7-10-18-13)8-2-9-17-12-5-3-11(14)4-6-12/h3-7,10H,2,8-9H2,1H3. The van der Waals surface area contributed by atoms with Crippen molar-refractivity contribution < 1.29 is 9.13 Å². The molecular formula is C13H15FN2OS. The monoisotopic (exact) mass is 266 g/mol. The van der Waals surface area contributed by atoms with Crippen LogP contribution in [0, 0.1) is 5.82 Å². The van der Waals surface area contributed by atoms with Gasteiger partial charge in [0.1, 0.15) is 11.6 Å². The predicted octanol–water partition coefficient (Wildman–Crippen LogP) is 3.19. The predicted molar refractivity (Wildman–Crippen MR) is 71.9 cm³/mol. The molecule has 0 saturated heterocycles. The van der Waals surface area contributed by atoms with Crippen LogP contribution < -0.4 is 9.64 Å². The first-order valence-corrected chi connectivity index (χ1v) is 6.62. The van der Waals surface area contributed by atoms with E-state index in [0.717, 1.165) is 18.1 Å². The molecule has 0 radical (unpaired) electrons. The fourth-order valence-corrected chi connectivity index (χ4v) is 2.16. The molecular weight excluding hydrogens is 251 g/mol. The largest absolute Gasteiger partial charge is 0.494 e. The molecule has 2 aromatic rings. The van der Waals surface area contributed by atoms with Gasteiger partial charge in [0.15, 0.2) is 5.13 Å². The summed E-state index contributed by atoms with van der Waals surface area (Å²) in [5.41, 5.74) is 0. The van der Waals surface area contributed by atoms with Gasteiger partial charge in [0.25, 0.3) is 0 Å². The van der Waals surface area contributed by atoms with Crippen LogP contribution in [0.4, 0.5) is 9.52 Å². The molecule has 1 aromatic heterocycles. The number of rotatable bonds is 6. The molecule has 0 aliphatic rings. The van der Waals surface area contributed by atoms with E-state index in [1.165, 1.54) is 12.1 Å². The van der Waals surface area contributed by atoms with Gasteiger partial charge in [-0.15, -0.1) is 11.3 Å². The SMILES string of the molecule is CN(CCCOc1ccc(F)cc1)c1nccs1.